The molecule has 5 nitrogen and oxygen atoms in total. The first-order chi connectivity index (χ1) is 11.1. The van der Waals surface area contributed by atoms with Gasteiger partial charge in [-0.25, -0.2) is 4.79 Å². The zero-order valence-electron chi connectivity index (χ0n) is 16.5. The van der Waals surface area contributed by atoms with Crippen LogP contribution in [0.4, 0.5) is 4.79 Å². The number of hydrogen-bond acceptors (Lipinski definition) is 3. The van der Waals surface area contributed by atoms with Gasteiger partial charge in [0.25, 0.3) is 0 Å². The minimum atomic E-state index is -0.00447. The summed E-state index contributed by atoms with van der Waals surface area (Å²) in [4.78, 5) is 14.9. The summed E-state index contributed by atoms with van der Waals surface area (Å²) < 4.78 is 0. The third-order valence-electron chi connectivity index (χ3n) is 5.36. The second-order valence-corrected chi connectivity index (χ2v) is 9.45. The number of carbonyl (C=O) groups excluding carboxylic acids is 1. The fraction of sp³-hybridized carbons (Fsp3) is 0.947. The van der Waals surface area contributed by atoms with Gasteiger partial charge >= 0.3 is 6.03 Å². The van der Waals surface area contributed by atoms with Crippen LogP contribution in [0.15, 0.2) is 0 Å². The summed E-state index contributed by atoms with van der Waals surface area (Å²) in [6.45, 7) is 16.4. The highest BCUT2D eigenvalue weighted by Crippen LogP contribution is 2.28. The number of urea groups is 1. The number of rotatable bonds is 4. The van der Waals surface area contributed by atoms with Crippen molar-refractivity contribution in [1.82, 2.24) is 20.9 Å². The molecule has 0 bridgehead atoms. The lowest BCUT2D eigenvalue weighted by Crippen LogP contribution is -2.62. The predicted molar refractivity (Wildman–Crippen MR) is 100 cm³/mol. The van der Waals surface area contributed by atoms with Crippen LogP contribution in [0, 0.1) is 5.92 Å². The Hall–Kier alpha value is -0.810. The average molecular weight is 339 g/mol. The summed E-state index contributed by atoms with van der Waals surface area (Å²) in [6, 6.07) is 0.825. The SMILES string of the molecule is CC(C)N1CCC[C@@H](CNC(=O)NC2CC(C)(C)NC(C)(C)C2)C1. The van der Waals surface area contributed by atoms with Crippen LogP contribution in [0.2, 0.25) is 0 Å². The van der Waals surface area contributed by atoms with Crippen LogP contribution >= 0.6 is 0 Å². The topological polar surface area (TPSA) is 56.4 Å². The number of piperidine rings is 2. The van der Waals surface area contributed by atoms with Gasteiger partial charge in [0.2, 0.25) is 0 Å². The zero-order valence-corrected chi connectivity index (χ0v) is 16.5. The van der Waals surface area contributed by atoms with E-state index < -0.39 is 0 Å². The van der Waals surface area contributed by atoms with Gasteiger partial charge in [0.1, 0.15) is 0 Å². The Bertz CT molecular complexity index is 417. The van der Waals surface area contributed by atoms with E-state index in [1.165, 1.54) is 19.4 Å². The molecule has 2 heterocycles. The molecule has 0 radical (unpaired) electrons. The molecule has 2 saturated heterocycles. The maximum atomic E-state index is 12.3. The number of likely N-dealkylation sites (tertiary alicyclic amines) is 1. The quantitative estimate of drug-likeness (QED) is 0.739. The molecule has 2 aliphatic heterocycles. The Kier molecular flexibility index (Phi) is 6.19. The summed E-state index contributed by atoms with van der Waals surface area (Å²) >= 11 is 0. The lowest BCUT2D eigenvalue weighted by Gasteiger charge is -2.46. The minimum Gasteiger partial charge on any atom is -0.338 e. The maximum absolute atomic E-state index is 12.3. The van der Waals surface area contributed by atoms with Crippen LogP contribution in [0.3, 0.4) is 0 Å². The zero-order chi connectivity index (χ0) is 18.0. The van der Waals surface area contributed by atoms with E-state index in [2.05, 4.69) is 62.4 Å². The predicted octanol–water partition coefficient (Wildman–Crippen LogP) is 2.72. The molecule has 0 aromatic heterocycles. The van der Waals surface area contributed by atoms with E-state index in [0.29, 0.717) is 12.0 Å². The molecule has 2 fully saturated rings. The van der Waals surface area contributed by atoms with Crippen LogP contribution < -0.4 is 16.0 Å². The number of nitrogens with one attached hydrogen (secondary N) is 3. The minimum absolute atomic E-state index is 0.00447. The summed E-state index contributed by atoms with van der Waals surface area (Å²) in [5.74, 6) is 0.577. The van der Waals surface area contributed by atoms with E-state index in [0.717, 1.165) is 25.9 Å². The van der Waals surface area contributed by atoms with Gasteiger partial charge in [0.05, 0.1) is 0 Å². The Labute approximate surface area is 148 Å². The van der Waals surface area contributed by atoms with Crippen LogP contribution in [-0.4, -0.2) is 53.7 Å². The van der Waals surface area contributed by atoms with Crippen molar-refractivity contribution in [3.05, 3.63) is 0 Å². The van der Waals surface area contributed by atoms with Crippen molar-refractivity contribution >= 4 is 6.03 Å². The summed E-state index contributed by atoms with van der Waals surface area (Å²) in [5, 5.41) is 9.97. The second-order valence-electron chi connectivity index (χ2n) is 9.45. The second kappa shape index (κ2) is 7.61. The molecule has 3 N–H and O–H groups in total. The summed E-state index contributed by atoms with van der Waals surface area (Å²) in [7, 11) is 0. The van der Waals surface area contributed by atoms with Crippen molar-refractivity contribution in [3.8, 4) is 0 Å². The van der Waals surface area contributed by atoms with Crippen LogP contribution in [0.5, 0.6) is 0 Å². The highest BCUT2D eigenvalue weighted by atomic mass is 16.2. The van der Waals surface area contributed by atoms with E-state index in [-0.39, 0.29) is 23.2 Å². The van der Waals surface area contributed by atoms with Crippen molar-refractivity contribution in [1.29, 1.82) is 0 Å². The van der Waals surface area contributed by atoms with Gasteiger partial charge in [-0.05, 0) is 79.7 Å². The Morgan fingerprint density at radius 3 is 2.42 bits per heavy atom. The third-order valence-corrected chi connectivity index (χ3v) is 5.36. The van der Waals surface area contributed by atoms with Gasteiger partial charge in [-0.3, -0.25) is 0 Å². The van der Waals surface area contributed by atoms with Gasteiger partial charge < -0.3 is 20.9 Å². The number of hydrogen-bond donors (Lipinski definition) is 3. The first kappa shape index (κ1) is 19.5. The van der Waals surface area contributed by atoms with E-state index >= 15 is 0 Å². The summed E-state index contributed by atoms with van der Waals surface area (Å²) in [5.41, 5.74) is 0.113. The Morgan fingerprint density at radius 2 is 1.83 bits per heavy atom. The molecule has 0 aromatic carbocycles. The Morgan fingerprint density at radius 1 is 1.21 bits per heavy atom. The lowest BCUT2D eigenvalue weighted by atomic mass is 9.80. The third kappa shape index (κ3) is 5.92. The smallest absolute Gasteiger partial charge is 0.315 e. The largest absolute Gasteiger partial charge is 0.338 e. The first-order valence-electron chi connectivity index (χ1n) is 9.64. The lowest BCUT2D eigenvalue weighted by molar-refractivity contribution is 0.136. The van der Waals surface area contributed by atoms with Crippen LogP contribution in [0.25, 0.3) is 0 Å². The van der Waals surface area contributed by atoms with Gasteiger partial charge in [0, 0.05) is 36.3 Å². The molecular weight excluding hydrogens is 300 g/mol. The van der Waals surface area contributed by atoms with Crippen LogP contribution in [-0.2, 0) is 0 Å². The van der Waals surface area contributed by atoms with Crippen molar-refractivity contribution in [2.45, 2.75) is 90.4 Å². The molecule has 0 saturated carbocycles. The molecule has 2 amide bonds. The molecule has 0 spiro atoms. The number of carbonyl (C=O) groups is 1. The number of amides is 2. The van der Waals surface area contributed by atoms with Gasteiger partial charge in [-0.15, -0.1) is 0 Å². The van der Waals surface area contributed by atoms with Gasteiger partial charge in [0.15, 0.2) is 0 Å². The molecule has 1 atom stereocenters. The van der Waals surface area contributed by atoms with Crippen molar-refractivity contribution in [2.24, 2.45) is 5.92 Å². The van der Waals surface area contributed by atoms with Crippen molar-refractivity contribution < 1.29 is 4.79 Å². The molecule has 140 valence electrons. The van der Waals surface area contributed by atoms with E-state index in [1.807, 2.05) is 0 Å². The molecule has 0 unspecified atom stereocenters. The van der Waals surface area contributed by atoms with Gasteiger partial charge in [-0.1, -0.05) is 0 Å². The summed E-state index contributed by atoms with van der Waals surface area (Å²) in [6.07, 6.45) is 4.39. The molecule has 24 heavy (non-hydrogen) atoms. The Balaban J connectivity index is 1.77. The molecule has 5 heteroatoms. The fourth-order valence-corrected chi connectivity index (χ4v) is 4.63. The van der Waals surface area contributed by atoms with E-state index in [4.69, 9.17) is 0 Å². The molecule has 2 aliphatic rings. The maximum Gasteiger partial charge on any atom is 0.315 e. The highest BCUT2D eigenvalue weighted by Gasteiger charge is 2.38. The van der Waals surface area contributed by atoms with Crippen molar-refractivity contribution in [2.75, 3.05) is 19.6 Å². The van der Waals surface area contributed by atoms with Gasteiger partial charge in [-0.2, -0.15) is 0 Å². The molecule has 2 rings (SSSR count). The molecule has 0 aliphatic carbocycles. The van der Waals surface area contributed by atoms with E-state index in [1.54, 1.807) is 0 Å². The highest BCUT2D eigenvalue weighted by molar-refractivity contribution is 5.74. The standard InChI is InChI=1S/C19H38N4O/c1-14(2)23-9-7-8-15(13-23)12-20-17(24)21-16-10-18(3,4)22-19(5,6)11-16/h14-16,22H,7-13H2,1-6H3,(H2,20,21,24)/t15-/m0/s1. The van der Waals surface area contributed by atoms with Crippen LogP contribution in [0.1, 0.15) is 67.2 Å². The van der Waals surface area contributed by atoms with E-state index in [9.17, 15) is 4.79 Å². The molecular formula is C19H38N4O. The normalized spacial score (nSPS) is 27.9. The fourth-order valence-electron chi connectivity index (χ4n) is 4.63. The monoisotopic (exact) mass is 338 g/mol. The van der Waals surface area contributed by atoms with Crippen molar-refractivity contribution in [3.63, 3.8) is 0 Å². The average Bonchev–Trinajstić information content (AvgIpc) is 2.42. The number of nitrogens with zero attached hydrogens (tertiary/aromatic N) is 1. The molecule has 0 aromatic rings. The first-order valence-corrected chi connectivity index (χ1v) is 9.64.